The third-order valence-corrected chi connectivity index (χ3v) is 4.78. The van der Waals surface area contributed by atoms with Crippen molar-refractivity contribution in [2.45, 2.75) is 96.7 Å². The highest BCUT2D eigenvalue weighted by molar-refractivity contribution is 4.91. The van der Waals surface area contributed by atoms with Gasteiger partial charge in [-0.15, -0.1) is 0 Å². The minimum atomic E-state index is -0.582. The second kappa shape index (κ2) is 8.94. The molecule has 0 aromatic heterocycles. The average Bonchev–Trinajstić information content (AvgIpc) is 2.83. The number of likely N-dealkylation sites (tertiary alicyclic amines) is 1. The molecule has 0 spiro atoms. The van der Waals surface area contributed by atoms with Crippen LogP contribution in [0.3, 0.4) is 0 Å². The number of rotatable bonds is 10. The first-order valence-corrected chi connectivity index (χ1v) is 8.51. The molecule has 0 N–H and O–H groups in total. The van der Waals surface area contributed by atoms with Crippen LogP contribution < -0.4 is 0 Å². The molecule has 1 fully saturated rings. The summed E-state index contributed by atoms with van der Waals surface area (Å²) in [5.74, 6) is 0. The van der Waals surface area contributed by atoms with E-state index in [9.17, 15) is 4.39 Å². The van der Waals surface area contributed by atoms with E-state index in [-0.39, 0.29) is 5.54 Å². The Morgan fingerprint density at radius 2 is 1.63 bits per heavy atom. The Morgan fingerprint density at radius 1 is 1.00 bits per heavy atom. The molecular formula is C17H34FN. The molecule has 1 aliphatic heterocycles. The fourth-order valence-electron chi connectivity index (χ4n) is 3.32. The van der Waals surface area contributed by atoms with E-state index in [2.05, 4.69) is 25.7 Å². The zero-order valence-corrected chi connectivity index (χ0v) is 13.4. The lowest BCUT2D eigenvalue weighted by Crippen LogP contribution is -2.45. The lowest BCUT2D eigenvalue weighted by atomic mass is 9.87. The van der Waals surface area contributed by atoms with Gasteiger partial charge in [-0.1, -0.05) is 58.8 Å². The Balaban J connectivity index is 2.40. The van der Waals surface area contributed by atoms with Gasteiger partial charge in [0.15, 0.2) is 0 Å². The largest absolute Gasteiger partial charge is 0.295 e. The van der Waals surface area contributed by atoms with E-state index >= 15 is 0 Å². The normalized spacial score (nSPS) is 23.7. The lowest BCUT2D eigenvalue weighted by Gasteiger charge is -2.39. The summed E-state index contributed by atoms with van der Waals surface area (Å²) in [6.45, 7) is 8.53. The van der Waals surface area contributed by atoms with Crippen molar-refractivity contribution in [2.24, 2.45) is 0 Å². The lowest BCUT2D eigenvalue weighted by molar-refractivity contribution is 0.0997. The van der Waals surface area contributed by atoms with Crippen LogP contribution >= 0.6 is 0 Å². The second-order valence-electron chi connectivity index (χ2n) is 6.60. The van der Waals surface area contributed by atoms with Crippen molar-refractivity contribution in [3.8, 4) is 0 Å². The van der Waals surface area contributed by atoms with Gasteiger partial charge in [-0.3, -0.25) is 4.90 Å². The van der Waals surface area contributed by atoms with Crippen LogP contribution in [0.25, 0.3) is 0 Å². The van der Waals surface area contributed by atoms with E-state index in [0.717, 1.165) is 13.0 Å². The maximum atomic E-state index is 13.5. The topological polar surface area (TPSA) is 3.24 Å². The molecule has 1 heterocycles. The van der Waals surface area contributed by atoms with Crippen molar-refractivity contribution in [2.75, 3.05) is 13.1 Å². The van der Waals surface area contributed by atoms with E-state index in [1.165, 1.54) is 57.8 Å². The number of nitrogens with zero attached hydrogens (tertiary/aromatic N) is 1. The molecule has 0 bridgehead atoms. The van der Waals surface area contributed by atoms with Gasteiger partial charge in [0.25, 0.3) is 0 Å². The van der Waals surface area contributed by atoms with Gasteiger partial charge in [-0.05, 0) is 26.2 Å². The van der Waals surface area contributed by atoms with Gasteiger partial charge in [0.2, 0.25) is 0 Å². The molecule has 0 saturated carbocycles. The van der Waals surface area contributed by atoms with Crippen LogP contribution in [0.2, 0.25) is 0 Å². The van der Waals surface area contributed by atoms with Crippen molar-refractivity contribution < 1.29 is 4.39 Å². The van der Waals surface area contributed by atoms with Gasteiger partial charge >= 0.3 is 0 Å². The van der Waals surface area contributed by atoms with Crippen LogP contribution in [-0.4, -0.2) is 29.7 Å². The number of unbranched alkanes of at least 4 members (excludes halogenated alkanes) is 5. The number of hydrogen-bond donors (Lipinski definition) is 0. The first-order chi connectivity index (χ1) is 9.12. The van der Waals surface area contributed by atoms with E-state index in [1.807, 2.05) is 0 Å². The summed E-state index contributed by atoms with van der Waals surface area (Å²) in [6, 6.07) is 0. The molecule has 0 radical (unpaired) electrons. The van der Waals surface area contributed by atoms with Crippen LogP contribution in [0, 0.1) is 0 Å². The van der Waals surface area contributed by atoms with E-state index in [1.54, 1.807) is 0 Å². The van der Waals surface area contributed by atoms with Crippen molar-refractivity contribution in [1.82, 2.24) is 4.90 Å². The highest BCUT2D eigenvalue weighted by atomic mass is 19.1. The monoisotopic (exact) mass is 271 g/mol. The van der Waals surface area contributed by atoms with Gasteiger partial charge in [0.05, 0.1) is 0 Å². The zero-order chi connectivity index (χ0) is 14.1. The summed E-state index contributed by atoms with van der Waals surface area (Å²) < 4.78 is 13.5. The third-order valence-electron chi connectivity index (χ3n) is 4.78. The summed E-state index contributed by atoms with van der Waals surface area (Å²) >= 11 is 0. The van der Waals surface area contributed by atoms with Gasteiger partial charge < -0.3 is 0 Å². The zero-order valence-electron chi connectivity index (χ0n) is 13.4. The SMILES string of the molecule is CCCCCCCC(C)(CCCC)N1CCC(F)C1. The van der Waals surface area contributed by atoms with Crippen molar-refractivity contribution >= 4 is 0 Å². The molecule has 1 rings (SSSR count). The molecule has 2 heteroatoms. The molecule has 1 nitrogen and oxygen atoms in total. The highest BCUT2D eigenvalue weighted by Gasteiger charge is 2.35. The van der Waals surface area contributed by atoms with Gasteiger partial charge in [0, 0.05) is 18.6 Å². The summed E-state index contributed by atoms with van der Waals surface area (Å²) in [6.07, 6.45) is 11.9. The van der Waals surface area contributed by atoms with Gasteiger partial charge in [0.1, 0.15) is 6.17 Å². The summed E-state index contributed by atoms with van der Waals surface area (Å²) in [4.78, 5) is 2.44. The predicted molar refractivity (Wildman–Crippen MR) is 82.4 cm³/mol. The summed E-state index contributed by atoms with van der Waals surface area (Å²) in [7, 11) is 0. The highest BCUT2D eigenvalue weighted by Crippen LogP contribution is 2.32. The van der Waals surface area contributed by atoms with Crippen molar-refractivity contribution in [3.63, 3.8) is 0 Å². The molecule has 0 aromatic carbocycles. The minimum Gasteiger partial charge on any atom is -0.295 e. The Labute approximate surface area is 119 Å². The quantitative estimate of drug-likeness (QED) is 0.485. The van der Waals surface area contributed by atoms with Crippen LogP contribution in [0.4, 0.5) is 4.39 Å². The first kappa shape index (κ1) is 16.9. The smallest absolute Gasteiger partial charge is 0.114 e. The average molecular weight is 271 g/mol. The van der Waals surface area contributed by atoms with Gasteiger partial charge in [-0.2, -0.15) is 0 Å². The molecule has 0 aliphatic carbocycles. The van der Waals surface area contributed by atoms with Crippen LogP contribution in [-0.2, 0) is 0 Å². The second-order valence-corrected chi connectivity index (χ2v) is 6.60. The molecule has 2 atom stereocenters. The standard InChI is InChI=1S/C17H34FN/c1-4-6-8-9-10-13-17(3,12-7-5-2)19-14-11-16(18)15-19/h16H,4-15H2,1-3H3. The Kier molecular flexibility index (Phi) is 7.97. The van der Waals surface area contributed by atoms with Crippen LogP contribution in [0.5, 0.6) is 0 Å². The molecule has 0 aromatic rings. The summed E-state index contributed by atoms with van der Waals surface area (Å²) in [5, 5.41) is 0. The van der Waals surface area contributed by atoms with E-state index in [4.69, 9.17) is 0 Å². The minimum absolute atomic E-state index is 0.253. The molecule has 1 aliphatic rings. The van der Waals surface area contributed by atoms with Crippen molar-refractivity contribution in [3.05, 3.63) is 0 Å². The molecule has 19 heavy (non-hydrogen) atoms. The Bertz CT molecular complexity index is 231. The molecule has 114 valence electrons. The predicted octanol–water partition coefficient (Wildman–Crippen LogP) is 5.34. The number of halogens is 1. The fraction of sp³-hybridized carbons (Fsp3) is 1.00. The van der Waals surface area contributed by atoms with Crippen LogP contribution in [0.1, 0.15) is 85.0 Å². The van der Waals surface area contributed by atoms with E-state index < -0.39 is 6.17 Å². The maximum Gasteiger partial charge on any atom is 0.114 e. The van der Waals surface area contributed by atoms with Crippen molar-refractivity contribution in [1.29, 1.82) is 0 Å². The number of hydrogen-bond acceptors (Lipinski definition) is 1. The van der Waals surface area contributed by atoms with E-state index in [0.29, 0.717) is 6.54 Å². The summed E-state index contributed by atoms with van der Waals surface area (Å²) in [5.41, 5.74) is 0.253. The Hall–Kier alpha value is -0.110. The molecule has 1 saturated heterocycles. The fourth-order valence-corrected chi connectivity index (χ4v) is 3.32. The first-order valence-electron chi connectivity index (χ1n) is 8.51. The molecule has 2 unspecified atom stereocenters. The van der Waals surface area contributed by atoms with Gasteiger partial charge in [-0.25, -0.2) is 4.39 Å². The molecular weight excluding hydrogens is 237 g/mol. The molecule has 0 amide bonds. The number of alkyl halides is 1. The Morgan fingerprint density at radius 3 is 2.21 bits per heavy atom. The maximum absolute atomic E-state index is 13.5. The van der Waals surface area contributed by atoms with Crippen LogP contribution in [0.15, 0.2) is 0 Å². The third kappa shape index (κ3) is 5.81.